The first kappa shape index (κ1) is 12.2. The van der Waals surface area contributed by atoms with Crippen LogP contribution in [0.2, 0.25) is 0 Å². The molecule has 2 aliphatic rings. The van der Waals surface area contributed by atoms with Crippen molar-refractivity contribution in [2.45, 2.75) is 31.3 Å². The highest BCUT2D eigenvalue weighted by Crippen LogP contribution is 2.39. The molecule has 0 radical (unpaired) electrons. The molecule has 1 aromatic heterocycles. The molecule has 0 spiro atoms. The summed E-state index contributed by atoms with van der Waals surface area (Å²) in [6, 6.07) is 4.03. The molecule has 1 atom stereocenters. The second kappa shape index (κ2) is 5.03. The van der Waals surface area contributed by atoms with E-state index in [0.29, 0.717) is 18.3 Å². The van der Waals surface area contributed by atoms with Gasteiger partial charge in [-0.2, -0.15) is 0 Å². The normalized spacial score (nSPS) is 22.3. The van der Waals surface area contributed by atoms with Crippen LogP contribution >= 0.6 is 0 Å². The van der Waals surface area contributed by atoms with Crippen molar-refractivity contribution in [2.75, 3.05) is 13.1 Å². The van der Waals surface area contributed by atoms with Crippen LogP contribution in [0.15, 0.2) is 31.0 Å². The van der Waals surface area contributed by atoms with E-state index in [1.54, 1.807) is 4.90 Å². The van der Waals surface area contributed by atoms with Crippen LogP contribution < -0.4 is 4.74 Å². The monoisotopic (exact) mass is 258 g/mol. The average molecular weight is 258 g/mol. The number of carbonyl (C=O) groups is 1. The summed E-state index contributed by atoms with van der Waals surface area (Å²) in [5.74, 6) is 1.35. The number of ether oxygens (including phenoxy) is 1. The summed E-state index contributed by atoms with van der Waals surface area (Å²) in [7, 11) is 0. The lowest BCUT2D eigenvalue weighted by atomic mass is 10.2. The Morgan fingerprint density at radius 2 is 2.26 bits per heavy atom. The number of hydrogen-bond acceptors (Lipinski definition) is 3. The van der Waals surface area contributed by atoms with Gasteiger partial charge in [0.2, 0.25) is 11.8 Å². The Labute approximate surface area is 113 Å². The lowest BCUT2D eigenvalue weighted by molar-refractivity contribution is -0.125. The molecule has 1 aliphatic carbocycles. The molecule has 3 rings (SSSR count). The molecule has 2 fully saturated rings. The molecule has 1 saturated heterocycles. The van der Waals surface area contributed by atoms with E-state index in [1.807, 2.05) is 12.3 Å². The van der Waals surface area contributed by atoms with E-state index >= 15 is 0 Å². The molecule has 4 nitrogen and oxygen atoms in total. The van der Waals surface area contributed by atoms with Crippen LogP contribution in [0.3, 0.4) is 0 Å². The number of pyridine rings is 1. The minimum atomic E-state index is -0.0249. The van der Waals surface area contributed by atoms with Crippen LogP contribution in [-0.4, -0.2) is 35.0 Å². The molecule has 100 valence electrons. The second-order valence-corrected chi connectivity index (χ2v) is 5.22. The van der Waals surface area contributed by atoms with E-state index in [1.165, 1.54) is 24.5 Å². The van der Waals surface area contributed by atoms with E-state index < -0.39 is 0 Å². The van der Waals surface area contributed by atoms with Gasteiger partial charge in [0, 0.05) is 25.2 Å². The summed E-state index contributed by atoms with van der Waals surface area (Å²) in [5, 5.41) is 0. The Morgan fingerprint density at radius 3 is 2.89 bits per heavy atom. The van der Waals surface area contributed by atoms with Crippen molar-refractivity contribution >= 4 is 5.91 Å². The van der Waals surface area contributed by atoms with Gasteiger partial charge in [-0.15, -0.1) is 0 Å². The number of amides is 1. The summed E-state index contributed by atoms with van der Waals surface area (Å²) < 4.78 is 5.82. The standard InChI is InChI=1S/C15H18N2O2/c1-2-15(18)17-8-7-13(10-17)19-14-6-5-12(9-16-14)11-3-4-11/h2,5-6,9,11,13H,1,3-4,7-8,10H2. The third-order valence-corrected chi connectivity index (χ3v) is 3.73. The molecule has 1 saturated carbocycles. The first-order valence-corrected chi connectivity index (χ1v) is 6.80. The summed E-state index contributed by atoms with van der Waals surface area (Å²) in [5.41, 5.74) is 1.31. The third-order valence-electron chi connectivity index (χ3n) is 3.73. The fraction of sp³-hybridized carbons (Fsp3) is 0.467. The quantitative estimate of drug-likeness (QED) is 0.777. The van der Waals surface area contributed by atoms with Gasteiger partial charge in [-0.3, -0.25) is 4.79 Å². The first-order valence-electron chi connectivity index (χ1n) is 6.80. The van der Waals surface area contributed by atoms with Gasteiger partial charge in [0.05, 0.1) is 6.54 Å². The zero-order valence-corrected chi connectivity index (χ0v) is 10.9. The van der Waals surface area contributed by atoms with Crippen molar-refractivity contribution in [1.29, 1.82) is 0 Å². The highest BCUT2D eigenvalue weighted by Gasteiger charge is 2.27. The van der Waals surface area contributed by atoms with Crippen molar-refractivity contribution in [1.82, 2.24) is 9.88 Å². The van der Waals surface area contributed by atoms with Crippen molar-refractivity contribution in [3.63, 3.8) is 0 Å². The number of rotatable bonds is 4. The molecule has 19 heavy (non-hydrogen) atoms. The highest BCUT2D eigenvalue weighted by atomic mass is 16.5. The first-order chi connectivity index (χ1) is 9.26. The maximum Gasteiger partial charge on any atom is 0.246 e. The molecular weight excluding hydrogens is 240 g/mol. The zero-order valence-electron chi connectivity index (χ0n) is 10.9. The van der Waals surface area contributed by atoms with E-state index in [-0.39, 0.29) is 12.0 Å². The van der Waals surface area contributed by atoms with Gasteiger partial charge >= 0.3 is 0 Å². The topological polar surface area (TPSA) is 42.4 Å². The zero-order chi connectivity index (χ0) is 13.2. The van der Waals surface area contributed by atoms with E-state index in [9.17, 15) is 4.79 Å². The van der Waals surface area contributed by atoms with Crippen molar-refractivity contribution in [2.24, 2.45) is 0 Å². The van der Waals surface area contributed by atoms with Gasteiger partial charge in [0.25, 0.3) is 0 Å². The average Bonchev–Trinajstić information content (AvgIpc) is 3.19. The summed E-state index contributed by atoms with van der Waals surface area (Å²) in [6.45, 7) is 4.86. The Morgan fingerprint density at radius 1 is 1.42 bits per heavy atom. The van der Waals surface area contributed by atoms with Crippen LogP contribution in [0.4, 0.5) is 0 Å². The van der Waals surface area contributed by atoms with Gasteiger partial charge in [-0.25, -0.2) is 4.98 Å². The smallest absolute Gasteiger partial charge is 0.246 e. The molecule has 0 aromatic carbocycles. The SMILES string of the molecule is C=CC(=O)N1CCC(Oc2ccc(C3CC3)cn2)C1. The van der Waals surface area contributed by atoms with Crippen LogP contribution in [0.1, 0.15) is 30.7 Å². The third kappa shape index (κ3) is 2.78. The maximum atomic E-state index is 11.5. The lowest BCUT2D eigenvalue weighted by Crippen LogP contribution is -2.29. The Bertz CT molecular complexity index is 479. The van der Waals surface area contributed by atoms with Crippen LogP contribution in [0, 0.1) is 0 Å². The minimum absolute atomic E-state index is 0.0249. The molecule has 1 amide bonds. The molecular formula is C15H18N2O2. The van der Waals surface area contributed by atoms with Crippen LogP contribution in [0.5, 0.6) is 5.88 Å². The number of nitrogens with zero attached hydrogens (tertiary/aromatic N) is 2. The van der Waals surface area contributed by atoms with Crippen molar-refractivity contribution in [3.05, 3.63) is 36.5 Å². The molecule has 0 N–H and O–H groups in total. The molecule has 1 unspecified atom stereocenters. The van der Waals surface area contributed by atoms with E-state index in [4.69, 9.17) is 4.74 Å². The number of carbonyl (C=O) groups excluding carboxylic acids is 1. The van der Waals surface area contributed by atoms with E-state index in [0.717, 1.165) is 13.0 Å². The fourth-order valence-electron chi connectivity index (χ4n) is 2.44. The van der Waals surface area contributed by atoms with Gasteiger partial charge in [0.1, 0.15) is 6.10 Å². The molecule has 2 heterocycles. The Hall–Kier alpha value is -1.84. The number of likely N-dealkylation sites (tertiary alicyclic amines) is 1. The number of hydrogen-bond donors (Lipinski definition) is 0. The lowest BCUT2D eigenvalue weighted by Gasteiger charge is -2.15. The summed E-state index contributed by atoms with van der Waals surface area (Å²) >= 11 is 0. The van der Waals surface area contributed by atoms with Gasteiger partial charge < -0.3 is 9.64 Å². The van der Waals surface area contributed by atoms with Crippen LogP contribution in [-0.2, 0) is 4.79 Å². The predicted molar refractivity (Wildman–Crippen MR) is 72.0 cm³/mol. The van der Waals surface area contributed by atoms with Crippen LogP contribution in [0.25, 0.3) is 0 Å². The molecule has 4 heteroatoms. The largest absolute Gasteiger partial charge is 0.472 e. The van der Waals surface area contributed by atoms with Gasteiger partial charge in [-0.05, 0) is 30.4 Å². The Kier molecular flexibility index (Phi) is 3.23. The predicted octanol–water partition coefficient (Wildman–Crippen LogP) is 2.12. The van der Waals surface area contributed by atoms with Crippen molar-refractivity contribution in [3.8, 4) is 5.88 Å². The van der Waals surface area contributed by atoms with Crippen molar-refractivity contribution < 1.29 is 9.53 Å². The molecule has 1 aromatic rings. The molecule has 0 bridgehead atoms. The highest BCUT2D eigenvalue weighted by molar-refractivity contribution is 5.87. The molecule has 1 aliphatic heterocycles. The number of aromatic nitrogens is 1. The summed E-state index contributed by atoms with van der Waals surface area (Å²) in [6.07, 6.45) is 6.72. The second-order valence-electron chi connectivity index (χ2n) is 5.22. The van der Waals surface area contributed by atoms with E-state index in [2.05, 4.69) is 17.6 Å². The minimum Gasteiger partial charge on any atom is -0.472 e. The van der Waals surface area contributed by atoms with Gasteiger partial charge in [-0.1, -0.05) is 12.6 Å². The summed E-state index contributed by atoms with van der Waals surface area (Å²) in [4.78, 5) is 17.6. The maximum absolute atomic E-state index is 11.5. The Balaban J connectivity index is 1.56. The van der Waals surface area contributed by atoms with Gasteiger partial charge in [0.15, 0.2) is 0 Å². The fourth-order valence-corrected chi connectivity index (χ4v) is 2.44.